The molecule has 0 radical (unpaired) electrons. The van der Waals surface area contributed by atoms with Crippen molar-refractivity contribution in [2.45, 2.75) is 76.4 Å². The molecule has 2 aromatic rings. The van der Waals surface area contributed by atoms with Gasteiger partial charge in [-0.2, -0.15) is 0 Å². The van der Waals surface area contributed by atoms with Gasteiger partial charge in [0.15, 0.2) is 0 Å². The minimum absolute atomic E-state index is 0.0125. The van der Waals surface area contributed by atoms with E-state index in [-0.39, 0.29) is 16.4 Å². The Kier molecular flexibility index (Phi) is 5.23. The number of benzene rings is 2. The van der Waals surface area contributed by atoms with E-state index in [1.807, 2.05) is 0 Å². The lowest BCUT2D eigenvalue weighted by atomic mass is 9.41. The van der Waals surface area contributed by atoms with E-state index in [1.165, 1.54) is 48.9 Å². The van der Waals surface area contributed by atoms with Gasteiger partial charge in [-0.25, -0.2) is 0 Å². The van der Waals surface area contributed by atoms with E-state index in [2.05, 4.69) is 81.4 Å². The van der Waals surface area contributed by atoms with E-state index in [9.17, 15) is 5.11 Å². The SMILES string of the molecule is CC(C)(C)[Si](OC[C@@H]1[C@H]2CCC[C@]23CCCC[C@]13O)(c1ccccc1)c1ccccc1. The first-order valence-electron chi connectivity index (χ1n) is 12.3. The highest BCUT2D eigenvalue weighted by atomic mass is 28.4. The first-order valence-corrected chi connectivity index (χ1v) is 14.2. The van der Waals surface area contributed by atoms with Gasteiger partial charge in [0.1, 0.15) is 0 Å². The molecular weight excluding hydrogens is 396 g/mol. The average Bonchev–Trinajstić information content (AvgIpc) is 3.13. The second-order valence-electron chi connectivity index (χ2n) is 11.4. The summed E-state index contributed by atoms with van der Waals surface area (Å²) in [6, 6.07) is 21.8. The first kappa shape index (κ1) is 21.4. The highest BCUT2D eigenvalue weighted by Gasteiger charge is 2.72. The minimum atomic E-state index is -2.54. The van der Waals surface area contributed by atoms with Gasteiger partial charge in [-0.1, -0.05) is 101 Å². The lowest BCUT2D eigenvalue weighted by Gasteiger charge is -2.67. The summed E-state index contributed by atoms with van der Waals surface area (Å²) < 4.78 is 7.27. The number of hydrogen-bond acceptors (Lipinski definition) is 2. The molecule has 3 fully saturated rings. The molecule has 0 bridgehead atoms. The summed E-state index contributed by atoms with van der Waals surface area (Å²) in [4.78, 5) is 0. The van der Waals surface area contributed by atoms with Gasteiger partial charge in [-0.05, 0) is 47.0 Å². The van der Waals surface area contributed by atoms with Crippen molar-refractivity contribution in [3.8, 4) is 0 Å². The topological polar surface area (TPSA) is 29.5 Å². The summed E-state index contributed by atoms with van der Waals surface area (Å²) in [5.74, 6) is 0.938. The van der Waals surface area contributed by atoms with Crippen molar-refractivity contribution in [3.63, 3.8) is 0 Å². The van der Waals surface area contributed by atoms with Crippen LogP contribution in [-0.2, 0) is 4.43 Å². The Morgan fingerprint density at radius 1 is 0.871 bits per heavy atom. The fraction of sp³-hybridized carbons (Fsp3) is 0.571. The molecule has 3 heteroatoms. The first-order chi connectivity index (χ1) is 14.9. The van der Waals surface area contributed by atoms with Crippen LogP contribution in [0.25, 0.3) is 0 Å². The Bertz CT molecular complexity index is 866. The molecule has 3 aliphatic carbocycles. The Labute approximate surface area is 189 Å². The fourth-order valence-electron chi connectivity index (χ4n) is 7.86. The van der Waals surface area contributed by atoms with E-state index in [0.717, 1.165) is 6.42 Å². The summed E-state index contributed by atoms with van der Waals surface area (Å²) in [6.45, 7) is 7.72. The van der Waals surface area contributed by atoms with Crippen LogP contribution in [0.4, 0.5) is 0 Å². The molecular formula is C28H38O2Si. The van der Waals surface area contributed by atoms with Crippen LogP contribution >= 0.6 is 0 Å². The van der Waals surface area contributed by atoms with Gasteiger partial charge in [-0.15, -0.1) is 0 Å². The Balaban J connectivity index is 1.53. The van der Waals surface area contributed by atoms with Gasteiger partial charge < -0.3 is 9.53 Å². The van der Waals surface area contributed by atoms with Crippen molar-refractivity contribution in [1.82, 2.24) is 0 Å². The molecule has 166 valence electrons. The third kappa shape index (κ3) is 2.96. The predicted molar refractivity (Wildman–Crippen MR) is 130 cm³/mol. The lowest BCUT2D eigenvalue weighted by molar-refractivity contribution is -0.277. The zero-order valence-corrected chi connectivity index (χ0v) is 20.4. The van der Waals surface area contributed by atoms with Gasteiger partial charge in [0, 0.05) is 17.9 Å². The fourth-order valence-corrected chi connectivity index (χ4v) is 12.4. The van der Waals surface area contributed by atoms with Crippen LogP contribution < -0.4 is 10.4 Å². The standard InChI is InChI=1S/C28H38O2Si/c1-26(2,3)31(22-13-6-4-7-14-22,23-15-8-5-9-16-23)30-21-25-24-17-12-19-27(24)18-10-11-20-28(25,27)29/h4-9,13-16,24-25,29H,10-12,17-21H2,1-3H3/t24-,25-,27-,28+/m1/s1. The van der Waals surface area contributed by atoms with Crippen molar-refractivity contribution in [2.24, 2.45) is 17.3 Å². The molecule has 3 aliphatic rings. The quantitative estimate of drug-likeness (QED) is 0.649. The third-order valence-corrected chi connectivity index (χ3v) is 14.1. The van der Waals surface area contributed by atoms with Crippen LogP contribution in [0.3, 0.4) is 0 Å². The molecule has 2 nitrogen and oxygen atoms in total. The van der Waals surface area contributed by atoms with E-state index < -0.39 is 13.9 Å². The highest BCUT2D eigenvalue weighted by Crippen LogP contribution is 2.71. The van der Waals surface area contributed by atoms with E-state index in [1.54, 1.807) is 0 Å². The van der Waals surface area contributed by atoms with Crippen molar-refractivity contribution >= 4 is 18.7 Å². The zero-order valence-electron chi connectivity index (χ0n) is 19.4. The van der Waals surface area contributed by atoms with Crippen LogP contribution in [0.1, 0.15) is 65.7 Å². The Morgan fingerprint density at radius 3 is 2.00 bits per heavy atom. The summed E-state index contributed by atoms with van der Waals surface area (Å²) in [5.41, 5.74) is -0.303. The molecule has 4 atom stereocenters. The van der Waals surface area contributed by atoms with Crippen LogP contribution in [0.15, 0.2) is 60.7 Å². The Hall–Kier alpha value is -1.42. The highest BCUT2D eigenvalue weighted by molar-refractivity contribution is 6.99. The molecule has 0 aromatic heterocycles. The maximum Gasteiger partial charge on any atom is 0.261 e. The molecule has 0 heterocycles. The van der Waals surface area contributed by atoms with Crippen molar-refractivity contribution in [1.29, 1.82) is 0 Å². The predicted octanol–water partition coefficient (Wildman–Crippen LogP) is 5.28. The molecule has 3 saturated carbocycles. The van der Waals surface area contributed by atoms with Gasteiger partial charge in [0.2, 0.25) is 0 Å². The van der Waals surface area contributed by atoms with Crippen LogP contribution in [0, 0.1) is 17.3 Å². The second-order valence-corrected chi connectivity index (χ2v) is 15.7. The van der Waals surface area contributed by atoms with Gasteiger partial charge in [0.25, 0.3) is 8.32 Å². The number of aliphatic hydroxyl groups is 1. The van der Waals surface area contributed by atoms with Gasteiger partial charge in [-0.3, -0.25) is 0 Å². The van der Waals surface area contributed by atoms with Crippen LogP contribution in [-0.4, -0.2) is 25.6 Å². The molecule has 31 heavy (non-hydrogen) atoms. The molecule has 1 spiro atoms. The van der Waals surface area contributed by atoms with Gasteiger partial charge >= 0.3 is 0 Å². The summed E-state index contributed by atoms with van der Waals surface area (Å²) in [6.07, 6.45) is 8.44. The maximum absolute atomic E-state index is 11.9. The second kappa shape index (κ2) is 7.57. The minimum Gasteiger partial charge on any atom is -0.407 e. The molecule has 0 saturated heterocycles. The molecule has 5 rings (SSSR count). The third-order valence-electron chi connectivity index (χ3n) is 9.14. The van der Waals surface area contributed by atoms with Gasteiger partial charge in [0.05, 0.1) is 5.60 Å². The van der Waals surface area contributed by atoms with E-state index in [0.29, 0.717) is 12.5 Å². The van der Waals surface area contributed by atoms with Crippen molar-refractivity contribution < 1.29 is 9.53 Å². The number of hydrogen-bond donors (Lipinski definition) is 1. The summed E-state index contributed by atoms with van der Waals surface area (Å²) in [7, 11) is -2.54. The van der Waals surface area contributed by atoms with Crippen molar-refractivity contribution in [3.05, 3.63) is 60.7 Å². The molecule has 1 N–H and O–H groups in total. The van der Waals surface area contributed by atoms with E-state index in [4.69, 9.17) is 4.43 Å². The smallest absolute Gasteiger partial charge is 0.261 e. The largest absolute Gasteiger partial charge is 0.407 e. The van der Waals surface area contributed by atoms with E-state index >= 15 is 0 Å². The summed E-state index contributed by atoms with van der Waals surface area (Å²) >= 11 is 0. The van der Waals surface area contributed by atoms with Crippen LogP contribution in [0.5, 0.6) is 0 Å². The lowest BCUT2D eigenvalue weighted by Crippen LogP contribution is -2.73. The van der Waals surface area contributed by atoms with Crippen LogP contribution in [0.2, 0.25) is 5.04 Å². The zero-order chi connectivity index (χ0) is 21.7. The molecule has 2 aromatic carbocycles. The van der Waals surface area contributed by atoms with Crippen molar-refractivity contribution in [2.75, 3.05) is 6.61 Å². The monoisotopic (exact) mass is 434 g/mol. The molecule has 0 unspecified atom stereocenters. The molecule has 0 aliphatic heterocycles. The number of rotatable bonds is 5. The maximum atomic E-state index is 11.9. The summed E-state index contributed by atoms with van der Waals surface area (Å²) in [5, 5.41) is 14.6. The average molecular weight is 435 g/mol. The molecule has 0 amide bonds. The Morgan fingerprint density at radius 2 is 1.42 bits per heavy atom. The normalized spacial score (nSPS) is 32.8.